The molecular weight excluding hydrogens is 358 g/mol. The van der Waals surface area contributed by atoms with Crippen molar-refractivity contribution in [2.24, 2.45) is 7.05 Å². The number of aromatic nitrogens is 3. The summed E-state index contributed by atoms with van der Waals surface area (Å²) in [6.45, 7) is 0.488. The third-order valence-corrected chi connectivity index (χ3v) is 6.38. The number of nitrogens with zero attached hydrogens (tertiary/aromatic N) is 5. The van der Waals surface area contributed by atoms with Crippen molar-refractivity contribution in [3.8, 4) is 0 Å². The number of ether oxygens (including phenoxy) is 1. The van der Waals surface area contributed by atoms with E-state index >= 15 is 0 Å². The minimum absolute atomic E-state index is 0.0447. The van der Waals surface area contributed by atoms with Crippen molar-refractivity contribution in [3.05, 3.63) is 35.4 Å². The fourth-order valence-corrected chi connectivity index (χ4v) is 4.67. The van der Waals surface area contributed by atoms with E-state index in [0.29, 0.717) is 18.7 Å². The highest BCUT2D eigenvalue weighted by atomic mass is 32.2. The van der Waals surface area contributed by atoms with Crippen LogP contribution >= 0.6 is 0 Å². The molecule has 1 aliphatic rings. The number of carbonyl (C=O) groups is 1. The van der Waals surface area contributed by atoms with Crippen LogP contribution in [0.3, 0.4) is 0 Å². The van der Waals surface area contributed by atoms with Gasteiger partial charge >= 0.3 is 5.97 Å². The maximum atomic E-state index is 13.1. The quantitative estimate of drug-likeness (QED) is 0.710. The second-order valence-electron chi connectivity index (χ2n) is 6.21. The lowest BCUT2D eigenvalue weighted by atomic mass is 10.1. The zero-order chi connectivity index (χ0) is 19.1. The average Bonchev–Trinajstić information content (AvgIpc) is 3.02. The summed E-state index contributed by atoms with van der Waals surface area (Å²) in [5.74, 6) is 0.222. The molecule has 10 heteroatoms. The van der Waals surface area contributed by atoms with Crippen LogP contribution < -0.4 is 4.90 Å². The van der Waals surface area contributed by atoms with Crippen LogP contribution in [0.1, 0.15) is 21.7 Å². The van der Waals surface area contributed by atoms with Gasteiger partial charge in [-0.05, 0) is 18.6 Å². The van der Waals surface area contributed by atoms with Crippen molar-refractivity contribution < 1.29 is 17.9 Å². The van der Waals surface area contributed by atoms with Crippen molar-refractivity contribution in [3.63, 3.8) is 0 Å². The number of anilines is 1. The predicted molar refractivity (Wildman–Crippen MR) is 94.4 cm³/mol. The Bertz CT molecular complexity index is 952. The van der Waals surface area contributed by atoms with Gasteiger partial charge in [0.25, 0.3) is 10.0 Å². The van der Waals surface area contributed by atoms with E-state index in [4.69, 9.17) is 0 Å². The summed E-state index contributed by atoms with van der Waals surface area (Å²) in [7, 11) is 2.80. The van der Waals surface area contributed by atoms with Gasteiger partial charge < -0.3 is 14.2 Å². The van der Waals surface area contributed by atoms with E-state index in [-0.39, 0.29) is 17.3 Å². The van der Waals surface area contributed by atoms with Crippen molar-refractivity contribution in [2.45, 2.75) is 18.0 Å². The van der Waals surface area contributed by atoms with E-state index in [9.17, 15) is 13.2 Å². The number of esters is 1. The largest absolute Gasteiger partial charge is 0.464 e. The van der Waals surface area contributed by atoms with Gasteiger partial charge in [-0.3, -0.25) is 0 Å². The maximum absolute atomic E-state index is 13.1. The van der Waals surface area contributed by atoms with Gasteiger partial charge in [0.2, 0.25) is 0 Å². The third kappa shape index (κ3) is 2.95. The number of hydrogen-bond donors (Lipinski definition) is 0. The summed E-state index contributed by atoms with van der Waals surface area (Å²) in [6.07, 6.45) is 1.97. The Morgan fingerprint density at radius 2 is 2.00 bits per heavy atom. The second kappa shape index (κ2) is 6.69. The van der Waals surface area contributed by atoms with Gasteiger partial charge in [0.15, 0.2) is 5.03 Å². The Morgan fingerprint density at radius 3 is 2.65 bits per heavy atom. The lowest BCUT2D eigenvalue weighted by molar-refractivity contribution is 0.0589. The van der Waals surface area contributed by atoms with Gasteiger partial charge in [0, 0.05) is 33.3 Å². The summed E-state index contributed by atoms with van der Waals surface area (Å²) in [6, 6.07) is 2.87. The molecule has 1 aliphatic heterocycles. The van der Waals surface area contributed by atoms with Gasteiger partial charge in [-0.1, -0.05) is 0 Å². The van der Waals surface area contributed by atoms with E-state index in [2.05, 4.69) is 14.7 Å². The van der Waals surface area contributed by atoms with Gasteiger partial charge in [0.1, 0.15) is 17.8 Å². The molecule has 26 heavy (non-hydrogen) atoms. The number of hydrogen-bond acceptors (Lipinski definition) is 7. The average molecular weight is 379 g/mol. The van der Waals surface area contributed by atoms with Gasteiger partial charge in [-0.2, -0.15) is 4.31 Å². The summed E-state index contributed by atoms with van der Waals surface area (Å²) in [5, 5.41) is 0.0447. The topological polar surface area (TPSA) is 97.6 Å². The van der Waals surface area contributed by atoms with Gasteiger partial charge in [-0.15, -0.1) is 0 Å². The van der Waals surface area contributed by atoms with Crippen molar-refractivity contribution in [1.82, 2.24) is 18.8 Å². The highest BCUT2D eigenvalue weighted by Crippen LogP contribution is 2.28. The zero-order valence-electron chi connectivity index (χ0n) is 15.1. The molecule has 140 valence electrons. The normalized spacial score (nSPS) is 14.8. The summed E-state index contributed by atoms with van der Waals surface area (Å²) in [5.41, 5.74) is 1.84. The lowest BCUT2D eigenvalue weighted by Crippen LogP contribution is -2.38. The third-order valence-electron chi connectivity index (χ3n) is 4.45. The molecule has 3 rings (SSSR count). The minimum Gasteiger partial charge on any atom is -0.464 e. The molecule has 0 radical (unpaired) electrons. The molecule has 3 heterocycles. The molecule has 0 atom stereocenters. The fraction of sp³-hybridized carbons (Fsp3) is 0.438. The number of sulfonamides is 1. The summed E-state index contributed by atoms with van der Waals surface area (Å²) >= 11 is 0. The first-order valence-electron chi connectivity index (χ1n) is 8.01. The molecule has 0 bridgehead atoms. The fourth-order valence-electron chi connectivity index (χ4n) is 3.10. The van der Waals surface area contributed by atoms with Crippen LogP contribution in [0.4, 0.5) is 5.82 Å². The van der Waals surface area contributed by atoms with Crippen LogP contribution in [0.2, 0.25) is 0 Å². The van der Waals surface area contributed by atoms with Crippen LogP contribution in [-0.2, 0) is 34.8 Å². The molecule has 0 unspecified atom stereocenters. The number of fused-ring (bicyclic) bond motifs is 1. The van der Waals surface area contributed by atoms with Gasteiger partial charge in [0.05, 0.1) is 19.3 Å². The van der Waals surface area contributed by atoms with Crippen LogP contribution in [0.5, 0.6) is 0 Å². The minimum atomic E-state index is -3.77. The molecule has 2 aromatic heterocycles. The van der Waals surface area contributed by atoms with E-state index in [1.165, 1.54) is 41.5 Å². The van der Waals surface area contributed by atoms with Crippen molar-refractivity contribution >= 4 is 21.8 Å². The first kappa shape index (κ1) is 18.3. The molecule has 0 aromatic carbocycles. The Balaban J connectivity index is 1.95. The molecule has 0 saturated carbocycles. The van der Waals surface area contributed by atoms with Crippen molar-refractivity contribution in [1.29, 1.82) is 0 Å². The Kier molecular flexibility index (Phi) is 4.72. The molecule has 2 aromatic rings. The van der Waals surface area contributed by atoms with Crippen LogP contribution in [0.15, 0.2) is 23.5 Å². The molecule has 0 spiro atoms. The van der Waals surface area contributed by atoms with Crippen molar-refractivity contribution in [2.75, 3.05) is 32.6 Å². The molecule has 0 fully saturated rings. The zero-order valence-corrected chi connectivity index (χ0v) is 15.9. The number of methoxy groups -OCH3 is 1. The summed E-state index contributed by atoms with van der Waals surface area (Å²) < 4.78 is 33.5. The predicted octanol–water partition coefficient (Wildman–Crippen LogP) is 0.415. The molecule has 0 saturated heterocycles. The first-order valence-corrected chi connectivity index (χ1v) is 9.45. The first-order chi connectivity index (χ1) is 12.3. The Labute approximate surface area is 152 Å². The Morgan fingerprint density at radius 1 is 1.27 bits per heavy atom. The van der Waals surface area contributed by atoms with E-state index < -0.39 is 16.0 Å². The van der Waals surface area contributed by atoms with Crippen LogP contribution in [0, 0.1) is 0 Å². The molecule has 9 nitrogen and oxygen atoms in total. The molecule has 0 N–H and O–H groups in total. The molecule has 0 aliphatic carbocycles. The monoisotopic (exact) mass is 379 g/mol. The second-order valence-corrected chi connectivity index (χ2v) is 8.10. The van der Waals surface area contributed by atoms with Crippen LogP contribution in [-0.4, -0.2) is 61.0 Å². The van der Waals surface area contributed by atoms with E-state index in [1.807, 2.05) is 19.0 Å². The standard InChI is InChI=1S/C16H21N5O4S/c1-19(2)15-11-7-8-21(9-12(11)17-10-18-15)26(23,24)14-6-5-13(20(14)3)16(22)25-4/h5-6,10H,7-9H2,1-4H3. The molecule has 0 amide bonds. The lowest BCUT2D eigenvalue weighted by Gasteiger charge is -2.29. The highest BCUT2D eigenvalue weighted by Gasteiger charge is 2.33. The van der Waals surface area contributed by atoms with E-state index in [0.717, 1.165) is 11.4 Å². The van der Waals surface area contributed by atoms with Crippen LogP contribution in [0.25, 0.3) is 0 Å². The maximum Gasteiger partial charge on any atom is 0.354 e. The number of rotatable bonds is 4. The highest BCUT2D eigenvalue weighted by molar-refractivity contribution is 7.89. The number of carbonyl (C=O) groups excluding carboxylic acids is 1. The van der Waals surface area contributed by atoms with Gasteiger partial charge in [-0.25, -0.2) is 23.2 Å². The SMILES string of the molecule is COC(=O)c1ccc(S(=O)(=O)N2CCc3c(ncnc3N(C)C)C2)n1C. The summed E-state index contributed by atoms with van der Waals surface area (Å²) in [4.78, 5) is 22.2. The molecular formula is C16H21N5O4S. The van der Waals surface area contributed by atoms with E-state index in [1.54, 1.807) is 0 Å². The Hall–Kier alpha value is -2.46. The smallest absolute Gasteiger partial charge is 0.354 e.